The summed E-state index contributed by atoms with van der Waals surface area (Å²) in [7, 11) is 1.58. The third kappa shape index (κ3) is 1.84. The Labute approximate surface area is 104 Å². The summed E-state index contributed by atoms with van der Waals surface area (Å²) in [6.07, 6.45) is 2.73. The van der Waals surface area contributed by atoms with Crippen molar-refractivity contribution in [2.24, 2.45) is 0 Å². The molecular weight excluding hydrogens is 232 g/mol. The van der Waals surface area contributed by atoms with E-state index in [2.05, 4.69) is 15.4 Å². The Balaban J connectivity index is 1.98. The minimum absolute atomic E-state index is 0.0113. The summed E-state index contributed by atoms with van der Waals surface area (Å²) < 4.78 is 6.83. The van der Waals surface area contributed by atoms with Gasteiger partial charge in [-0.2, -0.15) is 9.61 Å². The van der Waals surface area contributed by atoms with Crippen molar-refractivity contribution in [2.75, 3.05) is 13.7 Å². The van der Waals surface area contributed by atoms with Gasteiger partial charge in [-0.05, 0) is 12.1 Å². The molecule has 0 amide bonds. The van der Waals surface area contributed by atoms with Crippen molar-refractivity contribution in [2.45, 2.75) is 18.9 Å². The van der Waals surface area contributed by atoms with Gasteiger partial charge >= 0.3 is 0 Å². The molecule has 1 unspecified atom stereocenters. The topological polar surface area (TPSA) is 68.5 Å². The van der Waals surface area contributed by atoms with Crippen molar-refractivity contribution in [3.63, 3.8) is 0 Å². The molecule has 1 N–H and O–H groups in total. The molecule has 1 atom stereocenters. The lowest BCUT2D eigenvalue weighted by Gasteiger charge is -2.21. The molecule has 6 heteroatoms. The van der Waals surface area contributed by atoms with Gasteiger partial charge < -0.3 is 10.1 Å². The first-order chi connectivity index (χ1) is 8.78. The summed E-state index contributed by atoms with van der Waals surface area (Å²) >= 11 is 0. The predicted molar refractivity (Wildman–Crippen MR) is 64.5 cm³/mol. The molecule has 94 valence electrons. The normalized spacial score (nSPS) is 20.3. The second-order valence-electron chi connectivity index (χ2n) is 4.33. The maximum absolute atomic E-state index is 11.5. The van der Waals surface area contributed by atoms with E-state index < -0.39 is 0 Å². The minimum atomic E-state index is -0.0113. The van der Waals surface area contributed by atoms with E-state index in [0.717, 1.165) is 11.3 Å². The second kappa shape index (κ2) is 4.38. The van der Waals surface area contributed by atoms with Gasteiger partial charge in [-0.1, -0.05) is 0 Å². The van der Waals surface area contributed by atoms with Gasteiger partial charge in [0, 0.05) is 19.4 Å². The zero-order valence-corrected chi connectivity index (χ0v) is 10.1. The van der Waals surface area contributed by atoms with E-state index in [4.69, 9.17) is 4.74 Å². The second-order valence-corrected chi connectivity index (χ2v) is 4.33. The van der Waals surface area contributed by atoms with Gasteiger partial charge in [-0.15, -0.1) is 0 Å². The van der Waals surface area contributed by atoms with Crippen LogP contribution in [0.2, 0.25) is 0 Å². The Morgan fingerprint density at radius 3 is 3.17 bits per heavy atom. The highest BCUT2D eigenvalue weighted by Gasteiger charge is 2.22. The summed E-state index contributed by atoms with van der Waals surface area (Å²) in [5.74, 6) is 0.868. The van der Waals surface area contributed by atoms with Crippen LogP contribution in [0.5, 0.6) is 5.88 Å². The lowest BCUT2D eigenvalue weighted by molar-refractivity contribution is -0.120. The molecule has 0 saturated carbocycles. The van der Waals surface area contributed by atoms with Crippen molar-refractivity contribution in [3.8, 4) is 5.88 Å². The molecule has 1 fully saturated rings. The van der Waals surface area contributed by atoms with Crippen molar-refractivity contribution in [1.29, 1.82) is 0 Å². The molecule has 1 saturated heterocycles. The number of nitrogens with zero attached hydrogens (tertiary/aromatic N) is 3. The number of piperidine rings is 1. The van der Waals surface area contributed by atoms with E-state index in [9.17, 15) is 4.79 Å². The third-order valence-corrected chi connectivity index (χ3v) is 3.14. The first-order valence-corrected chi connectivity index (χ1v) is 5.91. The fourth-order valence-electron chi connectivity index (χ4n) is 2.19. The number of fused-ring (bicyclic) bond motifs is 1. The number of ether oxygens (including phenoxy) is 1. The summed E-state index contributed by atoms with van der Waals surface area (Å²) in [6, 6.07) is 3.77. The van der Waals surface area contributed by atoms with Crippen LogP contribution in [0.1, 0.15) is 24.6 Å². The van der Waals surface area contributed by atoms with Crippen LogP contribution in [0.4, 0.5) is 0 Å². The number of aromatic nitrogens is 3. The largest absolute Gasteiger partial charge is 0.480 e. The van der Waals surface area contributed by atoms with E-state index in [-0.39, 0.29) is 11.8 Å². The lowest BCUT2D eigenvalue weighted by atomic mass is 10.0. The van der Waals surface area contributed by atoms with Gasteiger partial charge in [0.25, 0.3) is 0 Å². The molecule has 18 heavy (non-hydrogen) atoms. The number of Topliss-reactive ketones (excluding diaryl/α,β-unsaturated/α-hetero) is 1. The highest BCUT2D eigenvalue weighted by Crippen LogP contribution is 2.21. The number of nitrogens with one attached hydrogen (secondary N) is 1. The van der Waals surface area contributed by atoms with Crippen LogP contribution < -0.4 is 10.1 Å². The smallest absolute Gasteiger partial charge is 0.235 e. The number of hydrogen-bond acceptors (Lipinski definition) is 5. The Bertz CT molecular complexity index is 593. The maximum atomic E-state index is 11.5. The summed E-state index contributed by atoms with van der Waals surface area (Å²) in [4.78, 5) is 15.7. The fraction of sp³-hybridized carbons (Fsp3) is 0.417. The Hall–Kier alpha value is -1.95. The molecule has 0 spiro atoms. The van der Waals surface area contributed by atoms with Crippen LogP contribution in [0.25, 0.3) is 5.65 Å². The Kier molecular flexibility index (Phi) is 2.71. The standard InChI is InChI=1S/C12H14N4O2/c1-18-12-7-14-11-3-2-9(15-16(11)12)10-6-8(17)4-5-13-10/h2-3,7,10,13H,4-6H2,1H3. The summed E-state index contributed by atoms with van der Waals surface area (Å²) in [6.45, 7) is 0.713. The van der Waals surface area contributed by atoms with E-state index in [1.165, 1.54) is 0 Å². The van der Waals surface area contributed by atoms with Gasteiger partial charge in [-0.25, -0.2) is 4.98 Å². The number of carbonyl (C=O) groups is 1. The van der Waals surface area contributed by atoms with Gasteiger partial charge in [-0.3, -0.25) is 4.79 Å². The highest BCUT2D eigenvalue weighted by molar-refractivity contribution is 5.80. The van der Waals surface area contributed by atoms with Crippen molar-refractivity contribution >= 4 is 11.4 Å². The molecule has 0 aromatic carbocycles. The van der Waals surface area contributed by atoms with Crippen LogP contribution in [-0.2, 0) is 4.79 Å². The van der Waals surface area contributed by atoms with E-state index in [1.54, 1.807) is 17.8 Å². The number of carbonyl (C=O) groups excluding carboxylic acids is 1. The highest BCUT2D eigenvalue weighted by atomic mass is 16.5. The number of hydrogen-bond donors (Lipinski definition) is 1. The maximum Gasteiger partial charge on any atom is 0.235 e. The molecule has 2 aromatic heterocycles. The predicted octanol–water partition coefficient (Wildman–Crippen LogP) is 0.731. The molecular formula is C12H14N4O2. The van der Waals surface area contributed by atoms with E-state index in [1.807, 2.05) is 12.1 Å². The number of ketones is 1. The zero-order valence-electron chi connectivity index (χ0n) is 10.1. The summed E-state index contributed by atoms with van der Waals surface area (Å²) in [5.41, 5.74) is 1.57. The Morgan fingerprint density at radius 1 is 1.50 bits per heavy atom. The summed E-state index contributed by atoms with van der Waals surface area (Å²) in [5, 5.41) is 7.78. The quantitative estimate of drug-likeness (QED) is 0.846. The molecule has 3 heterocycles. The average molecular weight is 246 g/mol. The number of rotatable bonds is 2. The molecule has 0 bridgehead atoms. The van der Waals surface area contributed by atoms with Gasteiger partial charge in [0.05, 0.1) is 25.0 Å². The van der Waals surface area contributed by atoms with Gasteiger partial charge in [0.15, 0.2) is 5.65 Å². The zero-order chi connectivity index (χ0) is 12.5. The third-order valence-electron chi connectivity index (χ3n) is 3.14. The van der Waals surface area contributed by atoms with Crippen molar-refractivity contribution in [1.82, 2.24) is 19.9 Å². The average Bonchev–Trinajstić information content (AvgIpc) is 2.80. The van der Waals surface area contributed by atoms with Crippen molar-refractivity contribution in [3.05, 3.63) is 24.0 Å². The van der Waals surface area contributed by atoms with E-state index >= 15 is 0 Å². The minimum Gasteiger partial charge on any atom is -0.480 e. The van der Waals surface area contributed by atoms with Crippen LogP contribution in [0.3, 0.4) is 0 Å². The van der Waals surface area contributed by atoms with Crippen LogP contribution in [-0.4, -0.2) is 34.0 Å². The molecule has 0 aliphatic carbocycles. The monoisotopic (exact) mass is 246 g/mol. The van der Waals surface area contributed by atoms with Crippen LogP contribution >= 0.6 is 0 Å². The fourth-order valence-corrected chi connectivity index (χ4v) is 2.19. The van der Waals surface area contributed by atoms with Gasteiger partial charge in [0.1, 0.15) is 5.78 Å². The molecule has 3 rings (SSSR count). The van der Waals surface area contributed by atoms with Crippen molar-refractivity contribution < 1.29 is 9.53 Å². The van der Waals surface area contributed by atoms with Gasteiger partial charge in [0.2, 0.25) is 5.88 Å². The SMILES string of the molecule is COc1cnc2ccc(C3CC(=O)CCN3)nn12. The number of imidazole rings is 1. The number of methoxy groups -OCH3 is 1. The van der Waals surface area contributed by atoms with Crippen LogP contribution in [0, 0.1) is 0 Å². The molecule has 0 radical (unpaired) electrons. The molecule has 6 nitrogen and oxygen atoms in total. The van der Waals surface area contributed by atoms with Crippen LogP contribution in [0.15, 0.2) is 18.3 Å². The van der Waals surface area contributed by atoms with E-state index in [0.29, 0.717) is 25.3 Å². The molecule has 1 aliphatic heterocycles. The molecule has 1 aliphatic rings. The first kappa shape index (κ1) is 11.2. The first-order valence-electron chi connectivity index (χ1n) is 5.91. The Morgan fingerprint density at radius 2 is 2.39 bits per heavy atom. The molecule has 2 aromatic rings. The lowest BCUT2D eigenvalue weighted by Crippen LogP contribution is -2.32.